The van der Waals surface area contributed by atoms with Gasteiger partial charge in [0.05, 0.1) is 16.0 Å². The number of nitrogens with two attached hydrogens (primary N) is 1. The van der Waals surface area contributed by atoms with Crippen LogP contribution >= 0.6 is 23.4 Å². The first-order valence-electron chi connectivity index (χ1n) is 4.44. The fraction of sp³-hybridized carbons (Fsp3) is 0.444. The van der Waals surface area contributed by atoms with Crippen LogP contribution in [0.25, 0.3) is 0 Å². The minimum atomic E-state index is -4.26. The highest BCUT2D eigenvalue weighted by molar-refractivity contribution is 7.99. The molecule has 0 aromatic carbocycles. The number of halogens is 4. The lowest BCUT2D eigenvalue weighted by Gasteiger charge is -2.17. The molecule has 0 spiro atoms. The zero-order valence-corrected chi connectivity index (χ0v) is 9.74. The van der Waals surface area contributed by atoms with Gasteiger partial charge in [-0.1, -0.05) is 11.6 Å². The van der Waals surface area contributed by atoms with E-state index in [-0.39, 0.29) is 5.75 Å². The van der Waals surface area contributed by atoms with E-state index in [0.717, 1.165) is 11.8 Å². The lowest BCUT2D eigenvalue weighted by molar-refractivity contribution is -0.165. The summed E-state index contributed by atoms with van der Waals surface area (Å²) in [6.07, 6.45) is -2.86. The van der Waals surface area contributed by atoms with E-state index >= 15 is 0 Å². The van der Waals surface area contributed by atoms with Gasteiger partial charge in [-0.25, -0.2) is 4.98 Å². The molecule has 0 aliphatic carbocycles. The molecule has 16 heavy (non-hydrogen) atoms. The van der Waals surface area contributed by atoms with Crippen molar-refractivity contribution in [1.29, 1.82) is 0 Å². The number of nitrogens with zero attached hydrogens (tertiary/aromatic N) is 1. The first kappa shape index (κ1) is 13.6. The number of hydrogen-bond donors (Lipinski definition) is 1. The highest BCUT2D eigenvalue weighted by Crippen LogP contribution is 2.30. The molecule has 1 aromatic heterocycles. The summed E-state index contributed by atoms with van der Waals surface area (Å²) in [6, 6.07) is 3.17. The van der Waals surface area contributed by atoms with Crippen LogP contribution in [0, 0.1) is 5.92 Å². The summed E-state index contributed by atoms with van der Waals surface area (Å²) in [7, 11) is 0. The number of alkyl halides is 3. The Morgan fingerprint density at radius 3 is 2.56 bits per heavy atom. The van der Waals surface area contributed by atoms with Crippen LogP contribution in [-0.2, 0) is 0 Å². The summed E-state index contributed by atoms with van der Waals surface area (Å²) in [5.41, 5.74) is 5.07. The fourth-order valence-electron chi connectivity index (χ4n) is 0.930. The fourth-order valence-corrected chi connectivity index (χ4v) is 2.03. The molecule has 1 aromatic rings. The first-order chi connectivity index (χ1) is 7.43. The highest BCUT2D eigenvalue weighted by atomic mass is 35.5. The summed E-state index contributed by atoms with van der Waals surface area (Å²) in [5, 5.41) is 0.961. The Labute approximate surface area is 100 Å². The van der Waals surface area contributed by atoms with Crippen molar-refractivity contribution in [3.05, 3.63) is 23.4 Å². The van der Waals surface area contributed by atoms with E-state index in [9.17, 15) is 13.2 Å². The van der Waals surface area contributed by atoms with Crippen molar-refractivity contribution in [3.63, 3.8) is 0 Å². The molecule has 1 heterocycles. The quantitative estimate of drug-likeness (QED) is 0.855. The van der Waals surface area contributed by atoms with Crippen molar-refractivity contribution in [3.8, 4) is 0 Å². The van der Waals surface area contributed by atoms with Gasteiger partial charge in [0.2, 0.25) is 0 Å². The Balaban J connectivity index is 2.53. The molecule has 1 rings (SSSR count). The van der Waals surface area contributed by atoms with E-state index in [0.29, 0.717) is 10.0 Å². The summed E-state index contributed by atoms with van der Waals surface area (Å²) in [5.74, 6) is -1.63. The van der Waals surface area contributed by atoms with Gasteiger partial charge in [0.25, 0.3) is 0 Å². The molecular weight excluding hydrogens is 261 g/mol. The summed E-state index contributed by atoms with van der Waals surface area (Å²) in [4.78, 5) is 3.89. The summed E-state index contributed by atoms with van der Waals surface area (Å²) in [6.45, 7) is -0.413. The molecule has 0 saturated carbocycles. The van der Waals surface area contributed by atoms with E-state index in [1.807, 2.05) is 0 Å². The molecular formula is C9H10ClF3N2S. The first-order valence-corrected chi connectivity index (χ1v) is 5.81. The third-order valence-electron chi connectivity index (χ3n) is 1.88. The average Bonchev–Trinajstić information content (AvgIpc) is 2.19. The average molecular weight is 271 g/mol. The number of pyridine rings is 1. The standard InChI is InChI=1S/C9H10ClF3N2S/c10-7-1-2-8(15-4-7)16-5-6(3-14)9(11,12)13/h1-2,4,6H,3,5,14H2. The Morgan fingerprint density at radius 2 is 2.12 bits per heavy atom. The SMILES string of the molecule is NCC(CSc1ccc(Cl)cn1)C(F)(F)F. The van der Waals surface area contributed by atoms with Crippen LogP contribution in [0.1, 0.15) is 0 Å². The molecule has 0 aliphatic heterocycles. The Kier molecular flexibility index (Phi) is 4.89. The third kappa shape index (κ3) is 4.19. The van der Waals surface area contributed by atoms with Crippen molar-refractivity contribution >= 4 is 23.4 Å². The van der Waals surface area contributed by atoms with Crippen LogP contribution in [0.3, 0.4) is 0 Å². The van der Waals surface area contributed by atoms with E-state index in [4.69, 9.17) is 17.3 Å². The molecule has 0 saturated heterocycles. The maximum Gasteiger partial charge on any atom is 0.393 e. The Morgan fingerprint density at radius 1 is 1.44 bits per heavy atom. The van der Waals surface area contributed by atoms with Gasteiger partial charge in [-0.15, -0.1) is 11.8 Å². The predicted octanol–water partition coefficient (Wildman–Crippen LogP) is 2.96. The van der Waals surface area contributed by atoms with Gasteiger partial charge in [0.15, 0.2) is 0 Å². The summed E-state index contributed by atoms with van der Waals surface area (Å²) >= 11 is 6.62. The number of aromatic nitrogens is 1. The lowest BCUT2D eigenvalue weighted by Crippen LogP contribution is -2.32. The van der Waals surface area contributed by atoms with Gasteiger partial charge in [-0.2, -0.15) is 13.2 Å². The van der Waals surface area contributed by atoms with Gasteiger partial charge < -0.3 is 5.73 Å². The van der Waals surface area contributed by atoms with E-state index in [1.165, 1.54) is 6.20 Å². The monoisotopic (exact) mass is 270 g/mol. The van der Waals surface area contributed by atoms with Crippen LogP contribution in [0.4, 0.5) is 13.2 Å². The molecule has 0 bridgehead atoms. The van der Waals surface area contributed by atoms with Crippen molar-refractivity contribution in [2.45, 2.75) is 11.2 Å². The molecule has 7 heteroatoms. The molecule has 0 aliphatic rings. The van der Waals surface area contributed by atoms with Crippen molar-refractivity contribution in [2.75, 3.05) is 12.3 Å². The highest BCUT2D eigenvalue weighted by Gasteiger charge is 2.38. The van der Waals surface area contributed by atoms with Crippen LogP contribution < -0.4 is 5.73 Å². The zero-order chi connectivity index (χ0) is 12.2. The number of hydrogen-bond acceptors (Lipinski definition) is 3. The summed E-state index contributed by atoms with van der Waals surface area (Å²) < 4.78 is 37.1. The minimum Gasteiger partial charge on any atom is -0.330 e. The van der Waals surface area contributed by atoms with Crippen molar-refractivity contribution in [1.82, 2.24) is 4.98 Å². The Hall–Kier alpha value is -0.460. The second-order valence-electron chi connectivity index (χ2n) is 3.10. The number of rotatable bonds is 4. The van der Waals surface area contributed by atoms with Crippen LogP contribution in [0.15, 0.2) is 23.4 Å². The van der Waals surface area contributed by atoms with Gasteiger partial charge in [0.1, 0.15) is 0 Å². The van der Waals surface area contributed by atoms with Gasteiger partial charge in [0, 0.05) is 18.5 Å². The zero-order valence-electron chi connectivity index (χ0n) is 8.17. The Bertz CT molecular complexity index is 329. The van der Waals surface area contributed by atoms with Gasteiger partial charge in [-0.05, 0) is 12.1 Å². The van der Waals surface area contributed by atoms with Gasteiger partial charge >= 0.3 is 6.18 Å². The second kappa shape index (κ2) is 5.75. The van der Waals surface area contributed by atoms with Crippen LogP contribution in [0.2, 0.25) is 5.02 Å². The smallest absolute Gasteiger partial charge is 0.330 e. The van der Waals surface area contributed by atoms with Crippen molar-refractivity contribution < 1.29 is 13.2 Å². The predicted molar refractivity (Wildman–Crippen MR) is 58.6 cm³/mol. The molecule has 1 atom stereocenters. The maximum atomic E-state index is 12.4. The van der Waals surface area contributed by atoms with E-state index in [2.05, 4.69) is 4.98 Å². The molecule has 2 N–H and O–H groups in total. The molecule has 2 nitrogen and oxygen atoms in total. The normalized spacial score (nSPS) is 13.8. The topological polar surface area (TPSA) is 38.9 Å². The van der Waals surface area contributed by atoms with Crippen LogP contribution in [-0.4, -0.2) is 23.5 Å². The molecule has 0 fully saturated rings. The van der Waals surface area contributed by atoms with Crippen molar-refractivity contribution in [2.24, 2.45) is 11.7 Å². The van der Waals surface area contributed by atoms with E-state index < -0.39 is 18.6 Å². The van der Waals surface area contributed by atoms with Crippen LogP contribution in [0.5, 0.6) is 0 Å². The molecule has 0 radical (unpaired) electrons. The third-order valence-corrected chi connectivity index (χ3v) is 3.21. The molecule has 90 valence electrons. The second-order valence-corrected chi connectivity index (χ2v) is 4.58. The maximum absolute atomic E-state index is 12.4. The van der Waals surface area contributed by atoms with Gasteiger partial charge in [-0.3, -0.25) is 0 Å². The number of thioether (sulfide) groups is 1. The van der Waals surface area contributed by atoms with E-state index in [1.54, 1.807) is 12.1 Å². The largest absolute Gasteiger partial charge is 0.393 e. The molecule has 1 unspecified atom stereocenters. The minimum absolute atomic E-state index is 0.130. The molecule has 0 amide bonds. The lowest BCUT2D eigenvalue weighted by atomic mass is 10.2.